The number of fused-ring (bicyclic) bond motifs is 1. The molecule has 0 unspecified atom stereocenters. The number of aromatic nitrogens is 1. The van der Waals surface area contributed by atoms with Gasteiger partial charge in [0.15, 0.2) is 0 Å². The summed E-state index contributed by atoms with van der Waals surface area (Å²) in [5.74, 6) is 0.296. The fourth-order valence-electron chi connectivity index (χ4n) is 4.44. The van der Waals surface area contributed by atoms with Gasteiger partial charge in [-0.1, -0.05) is 22.0 Å². The number of halogens is 1. The predicted molar refractivity (Wildman–Crippen MR) is 125 cm³/mol. The number of benzene rings is 2. The summed E-state index contributed by atoms with van der Waals surface area (Å²) in [5.41, 5.74) is 3.96. The Kier molecular flexibility index (Phi) is 6.15. The highest BCUT2D eigenvalue weighted by Crippen LogP contribution is 2.34. The molecule has 3 aromatic rings. The molecule has 0 saturated carbocycles. The van der Waals surface area contributed by atoms with Gasteiger partial charge < -0.3 is 15.1 Å². The van der Waals surface area contributed by atoms with Gasteiger partial charge in [0.25, 0.3) is 0 Å². The van der Waals surface area contributed by atoms with E-state index in [1.54, 1.807) is 6.20 Å². The van der Waals surface area contributed by atoms with Crippen molar-refractivity contribution in [3.8, 4) is 11.8 Å². The number of aliphatic hydroxyl groups is 1. The molecule has 0 amide bonds. The number of phenols is 1. The van der Waals surface area contributed by atoms with Crippen LogP contribution in [-0.4, -0.2) is 51.9 Å². The number of nitrogens with zero attached hydrogens (tertiary/aromatic N) is 4. The van der Waals surface area contributed by atoms with Crippen molar-refractivity contribution in [2.75, 3.05) is 24.6 Å². The van der Waals surface area contributed by atoms with Crippen LogP contribution in [0.25, 0.3) is 10.9 Å². The van der Waals surface area contributed by atoms with Crippen LogP contribution in [0.3, 0.4) is 0 Å². The van der Waals surface area contributed by atoms with Crippen LogP contribution in [0.1, 0.15) is 23.6 Å². The minimum Gasteiger partial charge on any atom is -0.507 e. The fourth-order valence-corrected chi connectivity index (χ4v) is 4.76. The molecule has 2 N–H and O–H groups in total. The molecule has 6 nitrogen and oxygen atoms in total. The van der Waals surface area contributed by atoms with Gasteiger partial charge in [0, 0.05) is 58.5 Å². The van der Waals surface area contributed by atoms with E-state index in [1.165, 1.54) is 0 Å². The zero-order valence-corrected chi connectivity index (χ0v) is 19.2. The lowest BCUT2D eigenvalue weighted by atomic mass is 10.0. The highest BCUT2D eigenvalue weighted by Gasteiger charge is 2.33. The molecule has 1 aliphatic heterocycles. The molecular weight excluding hydrogens is 456 g/mol. The maximum absolute atomic E-state index is 10.6. The summed E-state index contributed by atoms with van der Waals surface area (Å²) in [6.07, 6.45) is 1.71. The Labute approximate surface area is 190 Å². The van der Waals surface area contributed by atoms with E-state index < -0.39 is 0 Å². The maximum Gasteiger partial charge on any atom is 0.124 e. The number of aliphatic hydroxyl groups excluding tert-OH is 1. The number of hydrogen-bond donors (Lipinski definition) is 2. The van der Waals surface area contributed by atoms with Crippen molar-refractivity contribution in [1.29, 1.82) is 5.26 Å². The minimum absolute atomic E-state index is 0.0174. The third-order valence-electron chi connectivity index (χ3n) is 6.17. The van der Waals surface area contributed by atoms with Crippen molar-refractivity contribution >= 4 is 32.5 Å². The first kappa shape index (κ1) is 21.6. The predicted octanol–water partition coefficient (Wildman–Crippen LogP) is 3.95. The van der Waals surface area contributed by atoms with E-state index in [4.69, 9.17) is 0 Å². The van der Waals surface area contributed by atoms with Crippen LogP contribution in [0.2, 0.25) is 0 Å². The minimum atomic E-state index is -0.0885. The molecule has 0 aliphatic carbocycles. The van der Waals surface area contributed by atoms with E-state index in [0.717, 1.165) is 33.2 Å². The molecule has 1 saturated heterocycles. The number of piperazine rings is 1. The van der Waals surface area contributed by atoms with E-state index >= 15 is 0 Å². The van der Waals surface area contributed by atoms with Crippen molar-refractivity contribution in [1.82, 2.24) is 9.88 Å². The molecule has 1 aromatic heterocycles. The van der Waals surface area contributed by atoms with Crippen LogP contribution in [0.4, 0.5) is 5.69 Å². The Morgan fingerprint density at radius 2 is 2.03 bits per heavy atom. The number of phenolic OH excluding ortho intramolecular Hbond substituents is 1. The number of pyridine rings is 1. The lowest BCUT2D eigenvalue weighted by Crippen LogP contribution is -2.58. The standard InChI is InChI=1S/C24H25BrN4O2/c1-15-11-28(22-8-6-17(10-26)23-20(22)4-3-9-27-23)13-19(14-30)29(15)12-18-5-7-21(25)16(2)24(18)31/h3-9,15,19,30-31H,11-14H2,1-2H3/t15-,19-/m1/s1. The molecule has 1 aliphatic rings. The van der Waals surface area contributed by atoms with E-state index in [9.17, 15) is 15.5 Å². The molecular formula is C24H25BrN4O2. The fraction of sp³-hybridized carbons (Fsp3) is 0.333. The zero-order chi connectivity index (χ0) is 22.1. The second-order valence-corrected chi connectivity index (χ2v) is 8.94. The summed E-state index contributed by atoms with van der Waals surface area (Å²) in [5, 5.41) is 31.2. The lowest BCUT2D eigenvalue weighted by molar-refractivity contribution is 0.0669. The van der Waals surface area contributed by atoms with Crippen molar-refractivity contribution in [3.63, 3.8) is 0 Å². The molecule has 31 heavy (non-hydrogen) atoms. The van der Waals surface area contributed by atoms with Crippen LogP contribution in [0.15, 0.2) is 47.1 Å². The van der Waals surface area contributed by atoms with E-state index in [1.807, 2.05) is 43.3 Å². The van der Waals surface area contributed by atoms with Crippen LogP contribution in [0.5, 0.6) is 5.75 Å². The molecule has 0 radical (unpaired) electrons. The Morgan fingerprint density at radius 3 is 2.77 bits per heavy atom. The topological polar surface area (TPSA) is 83.6 Å². The highest BCUT2D eigenvalue weighted by atomic mass is 79.9. The second-order valence-electron chi connectivity index (χ2n) is 8.09. The van der Waals surface area contributed by atoms with Gasteiger partial charge >= 0.3 is 0 Å². The largest absolute Gasteiger partial charge is 0.507 e. The Bertz CT molecular complexity index is 1160. The van der Waals surface area contributed by atoms with Crippen LogP contribution in [0, 0.1) is 18.3 Å². The van der Waals surface area contributed by atoms with Gasteiger partial charge in [-0.15, -0.1) is 0 Å². The van der Waals surface area contributed by atoms with Crippen molar-refractivity contribution in [2.45, 2.75) is 32.5 Å². The first-order valence-electron chi connectivity index (χ1n) is 10.3. The van der Waals surface area contributed by atoms with Crippen molar-refractivity contribution < 1.29 is 10.2 Å². The third-order valence-corrected chi connectivity index (χ3v) is 7.03. The molecule has 2 atom stereocenters. The van der Waals surface area contributed by atoms with Crippen molar-refractivity contribution in [2.24, 2.45) is 0 Å². The van der Waals surface area contributed by atoms with Gasteiger partial charge in [0.2, 0.25) is 0 Å². The summed E-state index contributed by atoms with van der Waals surface area (Å²) >= 11 is 3.46. The SMILES string of the molecule is Cc1c(Br)ccc(CN2[C@@H](CO)CN(c3ccc(C#N)c4ncccc34)C[C@H]2C)c1O. The van der Waals surface area contributed by atoms with Gasteiger partial charge in [-0.2, -0.15) is 5.26 Å². The summed E-state index contributed by atoms with van der Waals surface area (Å²) in [6.45, 7) is 6.02. The summed E-state index contributed by atoms with van der Waals surface area (Å²) < 4.78 is 0.881. The number of hydrogen-bond acceptors (Lipinski definition) is 6. The summed E-state index contributed by atoms with van der Waals surface area (Å²) in [4.78, 5) is 8.94. The van der Waals surface area contributed by atoms with Gasteiger partial charge in [-0.05, 0) is 44.2 Å². The molecule has 0 spiro atoms. The highest BCUT2D eigenvalue weighted by molar-refractivity contribution is 9.10. The lowest BCUT2D eigenvalue weighted by Gasteiger charge is -2.46. The zero-order valence-electron chi connectivity index (χ0n) is 17.6. The molecule has 4 rings (SSSR count). The normalized spacial score (nSPS) is 19.5. The van der Waals surface area contributed by atoms with Gasteiger partial charge in [0.1, 0.15) is 11.8 Å². The van der Waals surface area contributed by atoms with E-state index in [-0.39, 0.29) is 18.7 Å². The maximum atomic E-state index is 10.6. The average Bonchev–Trinajstić information content (AvgIpc) is 2.79. The number of rotatable bonds is 4. The van der Waals surface area contributed by atoms with Crippen LogP contribution < -0.4 is 4.90 Å². The number of nitriles is 1. The van der Waals surface area contributed by atoms with Crippen molar-refractivity contribution in [3.05, 3.63) is 63.8 Å². The molecule has 7 heteroatoms. The molecule has 160 valence electrons. The molecule has 2 heterocycles. The number of anilines is 1. The average molecular weight is 481 g/mol. The van der Waals surface area contributed by atoms with Gasteiger partial charge in [-0.3, -0.25) is 9.88 Å². The Balaban J connectivity index is 1.64. The Morgan fingerprint density at radius 1 is 1.23 bits per heavy atom. The quantitative estimate of drug-likeness (QED) is 0.587. The second kappa shape index (κ2) is 8.83. The van der Waals surface area contributed by atoms with E-state index in [2.05, 4.69) is 43.7 Å². The van der Waals surface area contributed by atoms with E-state index in [0.29, 0.717) is 29.9 Å². The summed E-state index contributed by atoms with van der Waals surface area (Å²) in [7, 11) is 0. The molecule has 2 aromatic carbocycles. The molecule has 1 fully saturated rings. The van der Waals surface area contributed by atoms with Gasteiger partial charge in [0.05, 0.1) is 23.7 Å². The third kappa shape index (κ3) is 3.99. The molecule has 0 bridgehead atoms. The number of aromatic hydroxyl groups is 1. The Hall–Kier alpha value is -2.66. The smallest absolute Gasteiger partial charge is 0.124 e. The first-order valence-corrected chi connectivity index (χ1v) is 11.1. The summed E-state index contributed by atoms with van der Waals surface area (Å²) in [6, 6.07) is 13.8. The monoisotopic (exact) mass is 480 g/mol. The first-order chi connectivity index (χ1) is 14.9. The van der Waals surface area contributed by atoms with Crippen LogP contribution >= 0.6 is 15.9 Å². The van der Waals surface area contributed by atoms with Crippen LogP contribution in [-0.2, 0) is 6.54 Å². The van der Waals surface area contributed by atoms with Gasteiger partial charge in [-0.25, -0.2) is 0 Å².